The van der Waals surface area contributed by atoms with Crippen LogP contribution in [0.25, 0.3) is 0 Å². The molecule has 1 aliphatic rings. The second-order valence-corrected chi connectivity index (χ2v) is 5.77. The summed E-state index contributed by atoms with van der Waals surface area (Å²) in [6.45, 7) is 4.51. The molecule has 1 aromatic carbocycles. The zero-order valence-corrected chi connectivity index (χ0v) is 11.9. The van der Waals surface area contributed by atoms with Crippen molar-refractivity contribution >= 4 is 5.91 Å². The van der Waals surface area contributed by atoms with E-state index in [2.05, 4.69) is 30.4 Å². The van der Waals surface area contributed by atoms with Crippen LogP contribution in [0.2, 0.25) is 0 Å². The van der Waals surface area contributed by atoms with Crippen molar-refractivity contribution in [2.75, 3.05) is 6.54 Å². The van der Waals surface area contributed by atoms with Gasteiger partial charge in [-0.25, -0.2) is 0 Å². The summed E-state index contributed by atoms with van der Waals surface area (Å²) in [7, 11) is 0. The molecule has 1 aliphatic carbocycles. The minimum atomic E-state index is -0.338. The Morgan fingerprint density at radius 2 is 2.11 bits per heavy atom. The standard InChI is InChI=1S/C16H24N2O/c1-12-6-5-7-14(10-12)16(8-3-4-9-16)15(19)18-13(2)11-17/h5-7,10,13H,3-4,8-9,11,17H2,1-2H3,(H,18,19)/t13-/m0/s1. The molecular formula is C16H24N2O. The van der Waals surface area contributed by atoms with Gasteiger partial charge in [0, 0.05) is 12.6 Å². The number of hydrogen-bond donors (Lipinski definition) is 2. The van der Waals surface area contributed by atoms with Gasteiger partial charge in [0.25, 0.3) is 0 Å². The summed E-state index contributed by atoms with van der Waals surface area (Å²) in [5.74, 6) is 0.147. The number of carbonyl (C=O) groups is 1. The number of nitrogens with one attached hydrogen (secondary N) is 1. The molecule has 0 spiro atoms. The number of nitrogens with two attached hydrogens (primary N) is 1. The predicted molar refractivity (Wildman–Crippen MR) is 78.0 cm³/mol. The molecule has 0 radical (unpaired) electrons. The van der Waals surface area contributed by atoms with Gasteiger partial charge < -0.3 is 11.1 Å². The lowest BCUT2D eigenvalue weighted by Crippen LogP contribution is -2.48. The molecule has 19 heavy (non-hydrogen) atoms. The molecular weight excluding hydrogens is 236 g/mol. The van der Waals surface area contributed by atoms with Crippen LogP contribution >= 0.6 is 0 Å². The van der Waals surface area contributed by atoms with Crippen LogP contribution in [0.4, 0.5) is 0 Å². The third-order valence-electron chi connectivity index (χ3n) is 4.19. The topological polar surface area (TPSA) is 55.1 Å². The highest BCUT2D eigenvalue weighted by atomic mass is 16.2. The van der Waals surface area contributed by atoms with Gasteiger partial charge in [-0.05, 0) is 32.3 Å². The van der Waals surface area contributed by atoms with Gasteiger partial charge >= 0.3 is 0 Å². The Morgan fingerprint density at radius 1 is 1.42 bits per heavy atom. The Balaban J connectivity index is 2.30. The Kier molecular flexibility index (Phi) is 4.25. The van der Waals surface area contributed by atoms with Crippen molar-refractivity contribution in [3.63, 3.8) is 0 Å². The maximum absolute atomic E-state index is 12.7. The van der Waals surface area contributed by atoms with E-state index < -0.39 is 0 Å². The third kappa shape index (κ3) is 2.81. The van der Waals surface area contributed by atoms with E-state index in [0.717, 1.165) is 31.2 Å². The molecule has 3 nitrogen and oxygen atoms in total. The molecule has 0 bridgehead atoms. The molecule has 0 aromatic heterocycles. The highest BCUT2D eigenvalue weighted by molar-refractivity contribution is 5.88. The van der Waals surface area contributed by atoms with Crippen molar-refractivity contribution in [3.05, 3.63) is 35.4 Å². The normalized spacial score (nSPS) is 19.1. The monoisotopic (exact) mass is 260 g/mol. The zero-order chi connectivity index (χ0) is 13.9. The zero-order valence-electron chi connectivity index (χ0n) is 11.9. The van der Waals surface area contributed by atoms with E-state index in [1.807, 2.05) is 13.0 Å². The first-order valence-electron chi connectivity index (χ1n) is 7.17. The average Bonchev–Trinajstić information content (AvgIpc) is 2.89. The molecule has 1 amide bonds. The van der Waals surface area contributed by atoms with Crippen molar-refractivity contribution in [1.82, 2.24) is 5.32 Å². The summed E-state index contributed by atoms with van der Waals surface area (Å²) < 4.78 is 0. The predicted octanol–water partition coefficient (Wildman–Crippen LogP) is 2.27. The quantitative estimate of drug-likeness (QED) is 0.872. The van der Waals surface area contributed by atoms with Crippen LogP contribution in [0.3, 0.4) is 0 Å². The van der Waals surface area contributed by atoms with Crippen LogP contribution in [0.15, 0.2) is 24.3 Å². The molecule has 1 saturated carbocycles. The fourth-order valence-corrected chi connectivity index (χ4v) is 2.99. The van der Waals surface area contributed by atoms with Gasteiger partial charge in [0.1, 0.15) is 0 Å². The SMILES string of the molecule is Cc1cccc(C2(C(=O)N[C@@H](C)CN)CCCC2)c1. The number of rotatable bonds is 4. The van der Waals surface area contributed by atoms with Crippen molar-refractivity contribution < 1.29 is 4.79 Å². The number of amides is 1. The molecule has 1 aromatic rings. The Bertz CT molecular complexity index is 450. The molecule has 0 unspecified atom stereocenters. The molecule has 3 heteroatoms. The molecule has 2 rings (SSSR count). The summed E-state index contributed by atoms with van der Waals surface area (Å²) in [6, 6.07) is 8.40. The third-order valence-corrected chi connectivity index (χ3v) is 4.19. The molecule has 0 aliphatic heterocycles. The van der Waals surface area contributed by atoms with E-state index in [0.29, 0.717) is 6.54 Å². The van der Waals surface area contributed by atoms with Gasteiger partial charge in [0.2, 0.25) is 5.91 Å². The van der Waals surface area contributed by atoms with E-state index in [9.17, 15) is 4.79 Å². The first-order chi connectivity index (χ1) is 9.08. The second kappa shape index (κ2) is 5.74. The number of hydrogen-bond acceptors (Lipinski definition) is 2. The van der Waals surface area contributed by atoms with Crippen LogP contribution in [0.5, 0.6) is 0 Å². The Labute approximate surface area is 115 Å². The largest absolute Gasteiger partial charge is 0.352 e. The van der Waals surface area contributed by atoms with Crippen LogP contribution < -0.4 is 11.1 Å². The molecule has 1 atom stereocenters. The van der Waals surface area contributed by atoms with Gasteiger partial charge in [-0.1, -0.05) is 42.7 Å². The van der Waals surface area contributed by atoms with Crippen LogP contribution in [0, 0.1) is 6.92 Å². The van der Waals surface area contributed by atoms with Crippen molar-refractivity contribution in [2.24, 2.45) is 5.73 Å². The summed E-state index contributed by atoms with van der Waals surface area (Å²) in [5.41, 5.74) is 7.64. The summed E-state index contributed by atoms with van der Waals surface area (Å²) in [5, 5.41) is 3.07. The fraction of sp³-hybridized carbons (Fsp3) is 0.562. The average molecular weight is 260 g/mol. The van der Waals surface area contributed by atoms with E-state index in [-0.39, 0.29) is 17.4 Å². The van der Waals surface area contributed by atoms with E-state index in [1.165, 1.54) is 5.56 Å². The Morgan fingerprint density at radius 3 is 2.68 bits per heavy atom. The number of carbonyl (C=O) groups excluding carboxylic acids is 1. The van der Waals surface area contributed by atoms with E-state index in [4.69, 9.17) is 5.73 Å². The Hall–Kier alpha value is -1.35. The highest BCUT2D eigenvalue weighted by Gasteiger charge is 2.42. The van der Waals surface area contributed by atoms with E-state index in [1.54, 1.807) is 0 Å². The summed E-state index contributed by atoms with van der Waals surface area (Å²) in [4.78, 5) is 12.7. The second-order valence-electron chi connectivity index (χ2n) is 5.77. The van der Waals surface area contributed by atoms with Gasteiger partial charge in [0.15, 0.2) is 0 Å². The van der Waals surface area contributed by atoms with Gasteiger partial charge in [-0.3, -0.25) is 4.79 Å². The highest BCUT2D eigenvalue weighted by Crippen LogP contribution is 2.41. The fourth-order valence-electron chi connectivity index (χ4n) is 2.99. The lowest BCUT2D eigenvalue weighted by molar-refractivity contribution is -0.127. The van der Waals surface area contributed by atoms with E-state index >= 15 is 0 Å². The molecule has 0 heterocycles. The van der Waals surface area contributed by atoms with Crippen LogP contribution in [0.1, 0.15) is 43.7 Å². The minimum absolute atomic E-state index is 0.0368. The number of benzene rings is 1. The lowest BCUT2D eigenvalue weighted by Gasteiger charge is -2.30. The first-order valence-corrected chi connectivity index (χ1v) is 7.17. The van der Waals surface area contributed by atoms with Crippen molar-refractivity contribution in [2.45, 2.75) is 51.0 Å². The van der Waals surface area contributed by atoms with Gasteiger partial charge in [0.05, 0.1) is 5.41 Å². The molecule has 1 fully saturated rings. The maximum atomic E-state index is 12.7. The molecule has 0 saturated heterocycles. The first kappa shape index (κ1) is 14.1. The summed E-state index contributed by atoms with van der Waals surface area (Å²) >= 11 is 0. The lowest BCUT2D eigenvalue weighted by atomic mass is 9.77. The smallest absolute Gasteiger partial charge is 0.230 e. The van der Waals surface area contributed by atoms with Gasteiger partial charge in [-0.2, -0.15) is 0 Å². The van der Waals surface area contributed by atoms with Crippen molar-refractivity contribution in [3.8, 4) is 0 Å². The molecule has 104 valence electrons. The van der Waals surface area contributed by atoms with Crippen LogP contribution in [-0.2, 0) is 10.2 Å². The maximum Gasteiger partial charge on any atom is 0.230 e. The number of aryl methyl sites for hydroxylation is 1. The van der Waals surface area contributed by atoms with Crippen LogP contribution in [-0.4, -0.2) is 18.5 Å². The minimum Gasteiger partial charge on any atom is -0.352 e. The van der Waals surface area contributed by atoms with Gasteiger partial charge in [-0.15, -0.1) is 0 Å². The van der Waals surface area contributed by atoms with Crippen molar-refractivity contribution in [1.29, 1.82) is 0 Å². The molecule has 3 N–H and O–H groups in total. The summed E-state index contributed by atoms with van der Waals surface area (Å²) in [6.07, 6.45) is 4.13.